The van der Waals surface area contributed by atoms with Crippen LogP contribution in [0.5, 0.6) is 0 Å². The van der Waals surface area contributed by atoms with Gasteiger partial charge in [0.05, 0.1) is 0 Å². The van der Waals surface area contributed by atoms with Crippen LogP contribution < -0.4 is 0 Å². The fourth-order valence-corrected chi connectivity index (χ4v) is 10.4. The third kappa shape index (κ3) is 22.1. The second kappa shape index (κ2) is 35.9. The number of benzene rings is 2. The summed E-state index contributed by atoms with van der Waals surface area (Å²) in [4.78, 5) is 3.01. The van der Waals surface area contributed by atoms with Crippen molar-refractivity contribution < 1.29 is 22.7 Å². The summed E-state index contributed by atoms with van der Waals surface area (Å²) in [6.45, 7) is 13.7. The molecule has 0 bridgehead atoms. The zero-order chi connectivity index (χ0) is 41.9. The maximum atomic E-state index is 12.1. The summed E-state index contributed by atoms with van der Waals surface area (Å²) in [5.41, 5.74) is 22.1. The van der Waals surface area contributed by atoms with E-state index in [0.717, 1.165) is 55.1 Å². The van der Waals surface area contributed by atoms with E-state index in [4.69, 9.17) is 0 Å². The van der Waals surface area contributed by atoms with Gasteiger partial charge in [0.2, 0.25) is 11.4 Å². The number of rotatable bonds is 35. The van der Waals surface area contributed by atoms with Crippen LogP contribution >= 0.6 is 0 Å². The fraction of sp³-hybridized carbons (Fsp3) is 0.709. The molecule has 3 heteroatoms. The molecule has 0 radical (unpaired) electrons. The van der Waals surface area contributed by atoms with Gasteiger partial charge in [0, 0.05) is 22.3 Å². The van der Waals surface area contributed by atoms with Gasteiger partial charge in [-0.3, -0.25) is 0 Å². The maximum absolute atomic E-state index is 12.1. The van der Waals surface area contributed by atoms with E-state index in [1.54, 1.807) is 4.70 Å². The topological polar surface area (TPSA) is 25.3 Å². The third-order valence-electron chi connectivity index (χ3n) is 11.9. The SMILES string of the molecule is CCCCCCCCCCCCCCCCCCC1=C(c2cccc(CCCC)c2)[N+](=[N-])C(c2cccc(CCCC)c2)=C1CCCCC.CCC[CH2][Pd][CH2]CCC. The normalized spacial score (nSPS) is 12.9. The zero-order valence-corrected chi connectivity index (χ0v) is 40.7. The van der Waals surface area contributed by atoms with Crippen LogP contribution in [0.3, 0.4) is 0 Å². The van der Waals surface area contributed by atoms with Crippen molar-refractivity contribution in [1.29, 1.82) is 0 Å². The molecule has 0 saturated heterocycles. The molecule has 3 rings (SSSR count). The van der Waals surface area contributed by atoms with Crippen LogP contribution in [0.4, 0.5) is 0 Å². The number of allylic oxidation sites excluding steroid dienone is 2. The number of nitrogens with zero attached hydrogens (tertiary/aromatic N) is 2. The first kappa shape index (κ1) is 52.3. The van der Waals surface area contributed by atoms with Crippen molar-refractivity contribution in [3.05, 3.63) is 87.5 Å². The minimum absolute atomic E-state index is 1.03. The first-order valence-electron chi connectivity index (χ1n) is 25.1. The van der Waals surface area contributed by atoms with Crippen LogP contribution in [0.1, 0.15) is 250 Å². The van der Waals surface area contributed by atoms with Gasteiger partial charge in [-0.2, -0.15) is 0 Å². The Kier molecular flexibility index (Phi) is 32.4. The van der Waals surface area contributed by atoms with Crippen LogP contribution in [0.25, 0.3) is 16.9 Å². The molecule has 0 unspecified atom stereocenters. The van der Waals surface area contributed by atoms with E-state index in [0.29, 0.717) is 0 Å². The molecule has 0 N–H and O–H groups in total. The summed E-state index contributed by atoms with van der Waals surface area (Å²) in [7, 11) is 0. The molecule has 0 amide bonds. The second-order valence-corrected chi connectivity index (χ2v) is 19.6. The van der Waals surface area contributed by atoms with Gasteiger partial charge >= 0.3 is 67.3 Å². The summed E-state index contributed by atoms with van der Waals surface area (Å²) in [5.74, 6) is 0. The number of hydrogen-bond acceptors (Lipinski definition) is 0. The van der Waals surface area contributed by atoms with Crippen molar-refractivity contribution in [3.8, 4) is 0 Å². The van der Waals surface area contributed by atoms with Crippen LogP contribution in [-0.2, 0) is 30.8 Å². The Bertz CT molecular complexity index is 1380. The number of aryl methyl sites for hydroxylation is 2. The Morgan fingerprint density at radius 2 is 0.707 bits per heavy atom. The van der Waals surface area contributed by atoms with Crippen LogP contribution in [-0.4, -0.2) is 4.70 Å². The molecule has 0 atom stereocenters. The molecule has 1 heterocycles. The Hall–Kier alpha value is -1.82. The summed E-state index contributed by atoms with van der Waals surface area (Å²) >= 11 is 1.07. The molecule has 1 aliphatic rings. The van der Waals surface area contributed by atoms with E-state index in [9.17, 15) is 5.53 Å². The number of unbranched alkanes of at least 4 members (excludes halogenated alkanes) is 21. The van der Waals surface area contributed by atoms with Crippen LogP contribution in [0.2, 0.25) is 9.79 Å². The molecule has 0 aromatic heterocycles. The molecule has 1 aliphatic heterocycles. The predicted molar refractivity (Wildman–Crippen MR) is 255 cm³/mol. The van der Waals surface area contributed by atoms with E-state index in [-0.39, 0.29) is 0 Å². The van der Waals surface area contributed by atoms with Gasteiger partial charge in [0.1, 0.15) is 0 Å². The average molecular weight is 888 g/mol. The summed E-state index contributed by atoms with van der Waals surface area (Å²) in [6.07, 6.45) is 40.6. The standard InChI is InChI=1S/C47H74N2.2C4H9.Pd/c1-5-9-13-14-15-16-17-18-19-20-21-22-23-24-25-27-37-45-44(36-26-10-6-2)46(42-34-28-32-40(38-42)30-11-7-3)49(48)47(45)43-35-29-33-41(39-43)31-12-8-4;2*1-3-4-2;/h28-29,32-35,38-39H,5-27,30-31,36-37H2,1-4H3;2*1,3-4H2,2H3;. The van der Waals surface area contributed by atoms with Crippen molar-refractivity contribution in [1.82, 2.24) is 0 Å². The van der Waals surface area contributed by atoms with Crippen molar-refractivity contribution in [2.24, 2.45) is 0 Å². The van der Waals surface area contributed by atoms with Crippen LogP contribution in [0.15, 0.2) is 59.7 Å². The molecular weight excluding hydrogens is 795 g/mol. The Morgan fingerprint density at radius 3 is 1.09 bits per heavy atom. The van der Waals surface area contributed by atoms with Crippen molar-refractivity contribution in [3.63, 3.8) is 0 Å². The molecule has 2 nitrogen and oxygen atoms in total. The average Bonchev–Trinajstić information content (AvgIpc) is 3.52. The monoisotopic (exact) mass is 887 g/mol. The third-order valence-corrected chi connectivity index (χ3v) is 14.1. The molecule has 0 spiro atoms. The van der Waals surface area contributed by atoms with Crippen LogP contribution in [0, 0.1) is 0 Å². The summed E-state index contributed by atoms with van der Waals surface area (Å²) in [5, 5.41) is 0. The molecule has 0 aliphatic carbocycles. The Balaban J connectivity index is 0.00000115. The van der Waals surface area contributed by atoms with Crippen molar-refractivity contribution in [2.45, 2.75) is 250 Å². The molecule has 58 heavy (non-hydrogen) atoms. The molecule has 332 valence electrons. The summed E-state index contributed by atoms with van der Waals surface area (Å²) < 4.78 is 1.60. The van der Waals surface area contributed by atoms with Gasteiger partial charge in [-0.1, -0.05) is 174 Å². The molecule has 0 saturated carbocycles. The van der Waals surface area contributed by atoms with Gasteiger partial charge < -0.3 is 5.53 Å². The Labute approximate surface area is 370 Å². The number of hydrogen-bond donors (Lipinski definition) is 0. The van der Waals surface area contributed by atoms with Gasteiger partial charge in [-0.05, 0) is 86.8 Å². The summed E-state index contributed by atoms with van der Waals surface area (Å²) in [6, 6.07) is 18.1. The molecule has 2 aromatic carbocycles. The van der Waals surface area contributed by atoms with Gasteiger partial charge in [-0.15, -0.1) is 0 Å². The van der Waals surface area contributed by atoms with E-state index >= 15 is 0 Å². The van der Waals surface area contributed by atoms with Crippen molar-refractivity contribution >= 4 is 11.4 Å². The second-order valence-electron chi connectivity index (χ2n) is 17.3. The first-order valence-corrected chi connectivity index (χ1v) is 27.3. The molecule has 2 aromatic rings. The Morgan fingerprint density at radius 1 is 0.379 bits per heavy atom. The van der Waals surface area contributed by atoms with Gasteiger partial charge in [0.25, 0.3) is 0 Å². The zero-order valence-electron chi connectivity index (χ0n) is 39.2. The van der Waals surface area contributed by atoms with E-state index in [1.165, 1.54) is 217 Å². The fourth-order valence-electron chi connectivity index (χ4n) is 8.16. The quantitative estimate of drug-likeness (QED) is 0.0374. The van der Waals surface area contributed by atoms with Gasteiger partial charge in [-0.25, -0.2) is 4.70 Å². The van der Waals surface area contributed by atoms with Crippen molar-refractivity contribution in [2.75, 3.05) is 0 Å². The molecule has 0 fully saturated rings. The predicted octanol–water partition coefficient (Wildman–Crippen LogP) is 19.3. The van der Waals surface area contributed by atoms with E-state index in [2.05, 4.69) is 90.1 Å². The first-order chi connectivity index (χ1) is 28.6. The minimum atomic E-state index is 1.03. The van der Waals surface area contributed by atoms with E-state index < -0.39 is 0 Å². The molecular formula is C55H92N2Pd. The van der Waals surface area contributed by atoms with Gasteiger partial charge in [0.15, 0.2) is 0 Å². The van der Waals surface area contributed by atoms with E-state index in [1.807, 2.05) is 0 Å².